The van der Waals surface area contributed by atoms with Gasteiger partial charge in [0, 0.05) is 11.1 Å². The summed E-state index contributed by atoms with van der Waals surface area (Å²) in [5, 5.41) is 9.61. The molecule has 0 saturated carbocycles. The summed E-state index contributed by atoms with van der Waals surface area (Å²) in [5.41, 5.74) is 2.89. The molecule has 4 heteroatoms. The van der Waals surface area contributed by atoms with Gasteiger partial charge in [-0.1, -0.05) is 51.1 Å². The van der Waals surface area contributed by atoms with Crippen molar-refractivity contribution in [1.82, 2.24) is 0 Å². The Balaban J connectivity index is 2.64. The van der Waals surface area contributed by atoms with E-state index < -0.39 is 14.3 Å². The van der Waals surface area contributed by atoms with Gasteiger partial charge in [-0.25, -0.2) is 4.79 Å². The molecule has 0 atom stereocenters. The third kappa shape index (κ3) is 3.54. The lowest BCUT2D eigenvalue weighted by Crippen LogP contribution is -2.44. The Kier molecular flexibility index (Phi) is 4.90. The van der Waals surface area contributed by atoms with Gasteiger partial charge in [0.2, 0.25) is 0 Å². The van der Waals surface area contributed by atoms with E-state index in [2.05, 4.69) is 33.9 Å². The number of benzene rings is 2. The van der Waals surface area contributed by atoms with Crippen LogP contribution in [0.1, 0.15) is 36.7 Å². The molecule has 0 spiro atoms. The average Bonchev–Trinajstić information content (AvgIpc) is 2.46. The summed E-state index contributed by atoms with van der Waals surface area (Å²) < 4.78 is 6.51. The van der Waals surface area contributed by atoms with Gasteiger partial charge < -0.3 is 9.53 Å². The van der Waals surface area contributed by atoms with Crippen LogP contribution in [0.25, 0.3) is 11.1 Å². The molecular weight excluding hydrogens is 316 g/mol. The van der Waals surface area contributed by atoms with Crippen LogP contribution in [0.5, 0.6) is 5.75 Å². The maximum atomic E-state index is 11.6. The highest BCUT2D eigenvalue weighted by atomic mass is 28.4. The highest BCUT2D eigenvalue weighted by molar-refractivity contribution is 6.74. The summed E-state index contributed by atoms with van der Waals surface area (Å²) in [6.45, 7) is 13.0. The van der Waals surface area contributed by atoms with Gasteiger partial charge in [-0.2, -0.15) is 0 Å². The van der Waals surface area contributed by atoms with Crippen molar-refractivity contribution in [3.63, 3.8) is 0 Å². The van der Waals surface area contributed by atoms with E-state index in [1.807, 2.05) is 37.3 Å². The molecule has 0 amide bonds. The molecule has 0 fully saturated rings. The molecule has 0 radical (unpaired) electrons. The Labute approximate surface area is 145 Å². The third-order valence-electron chi connectivity index (χ3n) is 4.83. The Morgan fingerprint density at radius 1 is 1.04 bits per heavy atom. The van der Waals surface area contributed by atoms with E-state index in [0.29, 0.717) is 11.1 Å². The van der Waals surface area contributed by atoms with E-state index in [9.17, 15) is 9.90 Å². The second-order valence-electron chi connectivity index (χ2n) is 7.66. The summed E-state index contributed by atoms with van der Waals surface area (Å²) in [7, 11) is -2.02. The molecule has 0 aliphatic rings. The van der Waals surface area contributed by atoms with E-state index in [1.54, 1.807) is 12.1 Å². The summed E-state index contributed by atoms with van der Waals surface area (Å²) in [6.07, 6.45) is 0. The number of carbonyl (C=O) groups is 1. The molecule has 0 aromatic heterocycles. The molecule has 2 aromatic carbocycles. The van der Waals surface area contributed by atoms with Crippen LogP contribution in [0.4, 0.5) is 0 Å². The number of carboxylic acids is 1. The Morgan fingerprint density at radius 2 is 1.67 bits per heavy atom. The zero-order valence-electron chi connectivity index (χ0n) is 15.3. The van der Waals surface area contributed by atoms with E-state index in [1.165, 1.54) is 0 Å². The minimum atomic E-state index is -2.02. The molecule has 3 nitrogen and oxygen atoms in total. The minimum Gasteiger partial charge on any atom is -0.543 e. The van der Waals surface area contributed by atoms with Crippen molar-refractivity contribution >= 4 is 14.3 Å². The summed E-state index contributed by atoms with van der Waals surface area (Å²) in [6, 6.07) is 13.0. The average molecular weight is 343 g/mol. The number of hydrogen-bond donors (Lipinski definition) is 1. The number of aromatic carboxylic acids is 1. The lowest BCUT2D eigenvalue weighted by Gasteiger charge is -2.37. The van der Waals surface area contributed by atoms with Crippen LogP contribution in [-0.4, -0.2) is 19.4 Å². The quantitative estimate of drug-likeness (QED) is 0.720. The first-order valence-corrected chi connectivity index (χ1v) is 11.1. The van der Waals surface area contributed by atoms with E-state index >= 15 is 0 Å². The first-order chi connectivity index (χ1) is 11.0. The molecule has 1 N–H and O–H groups in total. The van der Waals surface area contributed by atoms with Gasteiger partial charge in [0.15, 0.2) is 0 Å². The van der Waals surface area contributed by atoms with Crippen LogP contribution >= 0.6 is 0 Å². The molecular formula is C20H26O3Si. The first kappa shape index (κ1) is 18.3. The molecule has 0 unspecified atom stereocenters. The van der Waals surface area contributed by atoms with Crippen molar-refractivity contribution in [2.24, 2.45) is 0 Å². The van der Waals surface area contributed by atoms with Crippen LogP contribution in [0.2, 0.25) is 18.1 Å². The van der Waals surface area contributed by atoms with E-state index in [0.717, 1.165) is 16.9 Å². The smallest absolute Gasteiger partial charge is 0.336 e. The summed E-state index contributed by atoms with van der Waals surface area (Å²) >= 11 is 0. The van der Waals surface area contributed by atoms with Gasteiger partial charge in [-0.3, -0.25) is 0 Å². The molecule has 128 valence electrons. The number of carboxylic acid groups (broad SMARTS) is 1. The van der Waals surface area contributed by atoms with Crippen molar-refractivity contribution in [3.8, 4) is 16.9 Å². The van der Waals surface area contributed by atoms with Crippen LogP contribution < -0.4 is 4.43 Å². The SMILES string of the molecule is Cc1cccc(O[Si](C)(C)C(C)(C)C)c1-c1ccccc1C(=O)O. The van der Waals surface area contributed by atoms with Crippen LogP contribution in [-0.2, 0) is 0 Å². The van der Waals surface area contributed by atoms with E-state index in [4.69, 9.17) is 4.43 Å². The fraction of sp³-hybridized carbons (Fsp3) is 0.350. The molecule has 2 aromatic rings. The van der Waals surface area contributed by atoms with Crippen LogP contribution in [0.3, 0.4) is 0 Å². The second kappa shape index (κ2) is 6.44. The normalized spacial score (nSPS) is 12.1. The van der Waals surface area contributed by atoms with Crippen molar-refractivity contribution in [2.75, 3.05) is 0 Å². The predicted molar refractivity (Wildman–Crippen MR) is 101 cm³/mol. The fourth-order valence-corrected chi connectivity index (χ4v) is 3.41. The number of rotatable bonds is 4. The Bertz CT molecular complexity index is 758. The fourth-order valence-electron chi connectivity index (χ4n) is 2.39. The zero-order chi connectivity index (χ0) is 18.1. The molecule has 0 aliphatic carbocycles. The van der Waals surface area contributed by atoms with Gasteiger partial charge in [0.1, 0.15) is 5.75 Å². The zero-order valence-corrected chi connectivity index (χ0v) is 16.3. The molecule has 0 aliphatic heterocycles. The van der Waals surface area contributed by atoms with Crippen molar-refractivity contribution in [3.05, 3.63) is 53.6 Å². The maximum Gasteiger partial charge on any atom is 0.336 e. The topological polar surface area (TPSA) is 46.5 Å². The van der Waals surface area contributed by atoms with Crippen LogP contribution in [0.15, 0.2) is 42.5 Å². The number of hydrogen-bond acceptors (Lipinski definition) is 2. The van der Waals surface area contributed by atoms with Crippen molar-refractivity contribution in [2.45, 2.75) is 45.8 Å². The van der Waals surface area contributed by atoms with Gasteiger partial charge in [0.05, 0.1) is 5.56 Å². The first-order valence-electron chi connectivity index (χ1n) is 8.16. The largest absolute Gasteiger partial charge is 0.543 e. The highest BCUT2D eigenvalue weighted by Crippen LogP contribution is 2.42. The molecule has 24 heavy (non-hydrogen) atoms. The predicted octanol–water partition coefficient (Wildman–Crippen LogP) is 5.74. The maximum absolute atomic E-state index is 11.6. The lowest BCUT2D eigenvalue weighted by atomic mass is 9.95. The number of aryl methyl sites for hydroxylation is 1. The standard InChI is InChI=1S/C20H26O3Si/c1-14-10-9-13-17(23-24(5,6)20(2,3)4)18(14)15-11-7-8-12-16(15)19(21)22/h7-13H,1-6H3,(H,21,22). The minimum absolute atomic E-state index is 0.0698. The van der Waals surface area contributed by atoms with Crippen molar-refractivity contribution < 1.29 is 14.3 Å². The molecule has 0 saturated heterocycles. The van der Waals surface area contributed by atoms with Crippen LogP contribution in [0, 0.1) is 6.92 Å². The highest BCUT2D eigenvalue weighted by Gasteiger charge is 2.39. The summed E-state index contributed by atoms with van der Waals surface area (Å²) in [4.78, 5) is 11.6. The van der Waals surface area contributed by atoms with Gasteiger partial charge in [-0.15, -0.1) is 0 Å². The molecule has 0 heterocycles. The van der Waals surface area contributed by atoms with Crippen molar-refractivity contribution in [1.29, 1.82) is 0 Å². The second-order valence-corrected chi connectivity index (χ2v) is 12.4. The Hall–Kier alpha value is -2.07. The third-order valence-corrected chi connectivity index (χ3v) is 9.18. The van der Waals surface area contributed by atoms with Gasteiger partial charge in [0.25, 0.3) is 8.32 Å². The summed E-state index contributed by atoms with van der Waals surface area (Å²) in [5.74, 6) is -0.151. The molecule has 2 rings (SSSR count). The monoisotopic (exact) mass is 342 g/mol. The van der Waals surface area contributed by atoms with Gasteiger partial charge in [-0.05, 0) is 42.8 Å². The molecule has 0 bridgehead atoms. The lowest BCUT2D eigenvalue weighted by molar-refractivity contribution is 0.0697. The van der Waals surface area contributed by atoms with E-state index in [-0.39, 0.29) is 5.04 Å². The van der Waals surface area contributed by atoms with Gasteiger partial charge >= 0.3 is 5.97 Å². The Morgan fingerprint density at radius 3 is 2.25 bits per heavy atom.